The van der Waals surface area contributed by atoms with E-state index in [4.69, 9.17) is 0 Å². The van der Waals surface area contributed by atoms with Crippen molar-refractivity contribution < 1.29 is 14.4 Å². The zero-order chi connectivity index (χ0) is 18.3. The van der Waals surface area contributed by atoms with Gasteiger partial charge in [0.2, 0.25) is 17.7 Å². The van der Waals surface area contributed by atoms with Crippen molar-refractivity contribution in [3.63, 3.8) is 0 Å². The van der Waals surface area contributed by atoms with E-state index in [0.29, 0.717) is 0 Å². The third-order valence-corrected chi connectivity index (χ3v) is 3.56. The minimum Gasteiger partial charge on any atom is -0.347 e. The molecule has 6 heteroatoms. The van der Waals surface area contributed by atoms with Crippen LogP contribution in [0.15, 0.2) is 24.3 Å². The van der Waals surface area contributed by atoms with Crippen molar-refractivity contribution in [2.45, 2.75) is 34.1 Å². The molecule has 24 heavy (non-hydrogen) atoms. The SMILES string of the molecule is CCc1ccccc1NC(=O)CN(C)C(=O)CNC(=O)C(C)(C)C. The van der Waals surface area contributed by atoms with Crippen LogP contribution in [-0.4, -0.2) is 42.8 Å². The van der Waals surface area contributed by atoms with Gasteiger partial charge in [-0.2, -0.15) is 0 Å². The highest BCUT2D eigenvalue weighted by molar-refractivity contribution is 5.95. The molecule has 0 aliphatic heterocycles. The standard InChI is InChI=1S/C18H27N3O3/c1-6-13-9-7-8-10-14(13)20-15(22)12-21(5)16(23)11-19-17(24)18(2,3)4/h7-10H,6,11-12H2,1-5H3,(H,19,24)(H,20,22). The second kappa shape index (κ2) is 8.47. The highest BCUT2D eigenvalue weighted by Gasteiger charge is 2.22. The molecular weight excluding hydrogens is 306 g/mol. The fourth-order valence-electron chi connectivity index (χ4n) is 2.00. The molecule has 0 atom stereocenters. The number of nitrogens with one attached hydrogen (secondary N) is 2. The van der Waals surface area contributed by atoms with Gasteiger partial charge in [-0.1, -0.05) is 45.9 Å². The molecule has 6 nitrogen and oxygen atoms in total. The van der Waals surface area contributed by atoms with Gasteiger partial charge in [-0.05, 0) is 18.1 Å². The molecule has 2 N–H and O–H groups in total. The normalized spacial score (nSPS) is 10.9. The lowest BCUT2D eigenvalue weighted by Gasteiger charge is -2.20. The lowest BCUT2D eigenvalue weighted by Crippen LogP contribution is -2.44. The lowest BCUT2D eigenvalue weighted by atomic mass is 9.96. The number of likely N-dealkylation sites (N-methyl/N-ethyl adjacent to an activating group) is 1. The summed E-state index contributed by atoms with van der Waals surface area (Å²) in [7, 11) is 1.54. The van der Waals surface area contributed by atoms with Gasteiger partial charge in [-0.25, -0.2) is 0 Å². The van der Waals surface area contributed by atoms with Gasteiger partial charge in [0.25, 0.3) is 0 Å². The summed E-state index contributed by atoms with van der Waals surface area (Å²) in [6.07, 6.45) is 0.810. The van der Waals surface area contributed by atoms with E-state index < -0.39 is 5.41 Å². The van der Waals surface area contributed by atoms with Gasteiger partial charge in [0.15, 0.2) is 0 Å². The Kier molecular flexibility index (Phi) is 6.95. The molecule has 0 unspecified atom stereocenters. The average Bonchev–Trinajstić information content (AvgIpc) is 2.51. The third kappa shape index (κ3) is 6.02. The van der Waals surface area contributed by atoms with Crippen molar-refractivity contribution in [1.82, 2.24) is 10.2 Å². The van der Waals surface area contributed by atoms with Crippen LogP contribution in [0.1, 0.15) is 33.3 Å². The van der Waals surface area contributed by atoms with Gasteiger partial charge in [0.05, 0.1) is 13.1 Å². The summed E-state index contributed by atoms with van der Waals surface area (Å²) < 4.78 is 0. The van der Waals surface area contributed by atoms with Crippen molar-refractivity contribution in [3.05, 3.63) is 29.8 Å². The van der Waals surface area contributed by atoms with Crippen LogP contribution in [0.2, 0.25) is 0 Å². The average molecular weight is 333 g/mol. The van der Waals surface area contributed by atoms with Crippen LogP contribution in [0, 0.1) is 5.41 Å². The van der Waals surface area contributed by atoms with E-state index in [0.717, 1.165) is 17.7 Å². The number of benzene rings is 1. The zero-order valence-electron chi connectivity index (χ0n) is 15.1. The van der Waals surface area contributed by atoms with Crippen LogP contribution >= 0.6 is 0 Å². The largest absolute Gasteiger partial charge is 0.347 e. The van der Waals surface area contributed by atoms with Crippen molar-refractivity contribution in [2.24, 2.45) is 5.41 Å². The van der Waals surface area contributed by atoms with Crippen molar-refractivity contribution in [2.75, 3.05) is 25.5 Å². The molecule has 0 aliphatic carbocycles. The number of rotatable bonds is 6. The Balaban J connectivity index is 2.51. The lowest BCUT2D eigenvalue weighted by molar-refractivity contribution is -0.135. The molecular formula is C18H27N3O3. The number of anilines is 1. The summed E-state index contributed by atoms with van der Waals surface area (Å²) in [5.74, 6) is -0.786. The van der Waals surface area contributed by atoms with Crippen molar-refractivity contribution in [1.29, 1.82) is 0 Å². The Bertz CT molecular complexity index is 606. The van der Waals surface area contributed by atoms with E-state index in [1.807, 2.05) is 31.2 Å². The highest BCUT2D eigenvalue weighted by Crippen LogP contribution is 2.15. The topological polar surface area (TPSA) is 78.5 Å². The number of carbonyl (C=O) groups excluding carboxylic acids is 3. The molecule has 0 radical (unpaired) electrons. The summed E-state index contributed by atoms with van der Waals surface area (Å²) in [5.41, 5.74) is 1.24. The van der Waals surface area contributed by atoms with Gasteiger partial charge < -0.3 is 15.5 Å². The minimum absolute atomic E-state index is 0.0672. The number of nitrogens with zero attached hydrogens (tertiary/aromatic N) is 1. The summed E-state index contributed by atoms with van der Waals surface area (Å²) in [4.78, 5) is 37.2. The smallest absolute Gasteiger partial charge is 0.243 e. The number of para-hydroxylation sites is 1. The molecule has 0 aliphatic rings. The van der Waals surface area contributed by atoms with Gasteiger partial charge in [0, 0.05) is 18.2 Å². The molecule has 0 aromatic heterocycles. The molecule has 0 saturated carbocycles. The van der Waals surface area contributed by atoms with Crippen molar-refractivity contribution >= 4 is 23.4 Å². The second-order valence-electron chi connectivity index (χ2n) is 6.74. The first-order valence-electron chi connectivity index (χ1n) is 8.05. The number of hydrogen-bond donors (Lipinski definition) is 2. The monoisotopic (exact) mass is 333 g/mol. The van der Waals surface area contributed by atoms with Crippen LogP contribution < -0.4 is 10.6 Å². The first-order valence-corrected chi connectivity index (χ1v) is 8.05. The Labute approximate surface area is 143 Å². The van der Waals surface area contributed by atoms with E-state index in [9.17, 15) is 14.4 Å². The molecule has 1 aromatic rings. The first-order chi connectivity index (χ1) is 11.1. The van der Waals surface area contributed by atoms with Crippen LogP contribution in [-0.2, 0) is 20.8 Å². The summed E-state index contributed by atoms with van der Waals surface area (Å²) in [6, 6.07) is 7.56. The molecule has 0 saturated heterocycles. The maximum atomic E-state index is 12.1. The molecule has 1 rings (SSSR count). The summed E-state index contributed by atoms with van der Waals surface area (Å²) in [6.45, 7) is 7.14. The van der Waals surface area contributed by atoms with Crippen LogP contribution in [0.3, 0.4) is 0 Å². The molecule has 0 spiro atoms. The number of hydrogen-bond acceptors (Lipinski definition) is 3. The molecule has 3 amide bonds. The van der Waals surface area contributed by atoms with Gasteiger partial charge in [0.1, 0.15) is 0 Å². The maximum Gasteiger partial charge on any atom is 0.243 e. The van der Waals surface area contributed by atoms with E-state index in [1.165, 1.54) is 11.9 Å². The fourth-order valence-corrected chi connectivity index (χ4v) is 2.00. The van der Waals surface area contributed by atoms with Crippen LogP contribution in [0.4, 0.5) is 5.69 Å². The predicted octanol–water partition coefficient (Wildman–Crippen LogP) is 1.81. The fraction of sp³-hybridized carbons (Fsp3) is 0.500. The van der Waals surface area contributed by atoms with E-state index in [1.54, 1.807) is 20.8 Å². The van der Waals surface area contributed by atoms with Crippen LogP contribution in [0.25, 0.3) is 0 Å². The molecule has 0 bridgehead atoms. The van der Waals surface area contributed by atoms with Crippen molar-refractivity contribution in [3.8, 4) is 0 Å². The number of carbonyl (C=O) groups is 3. The molecule has 1 aromatic carbocycles. The van der Waals surface area contributed by atoms with E-state index >= 15 is 0 Å². The maximum absolute atomic E-state index is 12.1. The quantitative estimate of drug-likeness (QED) is 0.833. The Hall–Kier alpha value is -2.37. The third-order valence-electron chi connectivity index (χ3n) is 3.56. The van der Waals surface area contributed by atoms with Gasteiger partial charge in [-0.3, -0.25) is 14.4 Å². The Morgan fingerprint density at radius 2 is 1.75 bits per heavy atom. The Morgan fingerprint density at radius 3 is 2.33 bits per heavy atom. The molecule has 132 valence electrons. The number of amides is 3. The van der Waals surface area contributed by atoms with Crippen LogP contribution in [0.5, 0.6) is 0 Å². The minimum atomic E-state index is -0.555. The Morgan fingerprint density at radius 1 is 1.12 bits per heavy atom. The second-order valence-corrected chi connectivity index (χ2v) is 6.74. The zero-order valence-corrected chi connectivity index (χ0v) is 15.1. The molecule has 0 heterocycles. The molecule has 0 fully saturated rings. The predicted molar refractivity (Wildman–Crippen MR) is 94.6 cm³/mol. The number of aryl methyl sites for hydroxylation is 1. The van der Waals surface area contributed by atoms with Gasteiger partial charge in [-0.15, -0.1) is 0 Å². The van der Waals surface area contributed by atoms with E-state index in [2.05, 4.69) is 10.6 Å². The first kappa shape index (κ1) is 19.7. The highest BCUT2D eigenvalue weighted by atomic mass is 16.2. The van der Waals surface area contributed by atoms with E-state index in [-0.39, 0.29) is 30.8 Å². The van der Waals surface area contributed by atoms with Gasteiger partial charge >= 0.3 is 0 Å². The summed E-state index contributed by atoms with van der Waals surface area (Å²) in [5, 5.41) is 5.40. The summed E-state index contributed by atoms with van der Waals surface area (Å²) >= 11 is 0.